The average Bonchev–Trinajstić information content (AvgIpc) is 2.64. The van der Waals surface area contributed by atoms with Crippen LogP contribution in [0.2, 0.25) is 10.0 Å². The van der Waals surface area contributed by atoms with Crippen molar-refractivity contribution in [1.29, 1.82) is 5.26 Å². The van der Waals surface area contributed by atoms with Gasteiger partial charge in [-0.1, -0.05) is 66.2 Å². The van der Waals surface area contributed by atoms with Gasteiger partial charge in [-0.05, 0) is 23.8 Å². The molecule has 0 aliphatic rings. The number of carbonyl (C=O) groups is 1. The number of rotatable bonds is 7. The minimum absolute atomic E-state index is 0.0808. The Morgan fingerprint density at radius 1 is 1.27 bits per heavy atom. The second-order valence-corrected chi connectivity index (χ2v) is 6.09. The summed E-state index contributed by atoms with van der Waals surface area (Å²) in [6.45, 7) is 4.13. The van der Waals surface area contributed by atoms with Gasteiger partial charge in [-0.2, -0.15) is 5.26 Å². The molecule has 1 N–H and O–H groups in total. The summed E-state index contributed by atoms with van der Waals surface area (Å²) in [4.78, 5) is 12.3. The highest BCUT2D eigenvalue weighted by Crippen LogP contribution is 2.34. The number of amides is 1. The summed E-state index contributed by atoms with van der Waals surface area (Å²) >= 11 is 12.2. The quantitative estimate of drug-likeness (QED) is 0.423. The molecule has 0 bridgehead atoms. The standard InChI is InChI=1S/C20H16Cl2N2O2/c1-2-8-26-19-15(10-17(21)11-18(19)22)9-16(12-23)20(25)24-13-14-6-4-3-5-7-14/h2-7,9-11H,1,8,13H2,(H,24,25)/b16-9+. The van der Waals surface area contributed by atoms with Crippen molar-refractivity contribution in [2.75, 3.05) is 6.61 Å². The molecular formula is C20H16Cl2N2O2. The van der Waals surface area contributed by atoms with E-state index < -0.39 is 5.91 Å². The third-order valence-corrected chi connectivity index (χ3v) is 3.84. The van der Waals surface area contributed by atoms with E-state index in [2.05, 4.69) is 11.9 Å². The number of carbonyl (C=O) groups excluding carboxylic acids is 1. The molecule has 2 aromatic carbocycles. The normalized spacial score (nSPS) is 10.7. The van der Waals surface area contributed by atoms with Crippen molar-refractivity contribution in [2.45, 2.75) is 6.54 Å². The summed E-state index contributed by atoms with van der Waals surface area (Å²) in [6, 6.07) is 14.4. The van der Waals surface area contributed by atoms with Gasteiger partial charge in [0.05, 0.1) is 5.02 Å². The van der Waals surface area contributed by atoms with E-state index in [1.807, 2.05) is 36.4 Å². The highest BCUT2D eigenvalue weighted by atomic mass is 35.5. The maximum Gasteiger partial charge on any atom is 0.262 e. The van der Waals surface area contributed by atoms with Gasteiger partial charge in [0, 0.05) is 17.1 Å². The molecule has 0 aromatic heterocycles. The second kappa shape index (κ2) is 9.67. The molecule has 26 heavy (non-hydrogen) atoms. The summed E-state index contributed by atoms with van der Waals surface area (Å²) < 4.78 is 5.53. The van der Waals surface area contributed by atoms with Crippen LogP contribution in [0.4, 0.5) is 0 Å². The minimum Gasteiger partial charge on any atom is -0.487 e. The van der Waals surface area contributed by atoms with Crippen LogP contribution >= 0.6 is 23.2 Å². The van der Waals surface area contributed by atoms with Crippen LogP contribution in [0.5, 0.6) is 5.75 Å². The van der Waals surface area contributed by atoms with Gasteiger partial charge in [0.25, 0.3) is 5.91 Å². The van der Waals surface area contributed by atoms with Crippen LogP contribution in [0.3, 0.4) is 0 Å². The largest absolute Gasteiger partial charge is 0.487 e. The number of nitrogens with zero attached hydrogens (tertiary/aromatic N) is 1. The van der Waals surface area contributed by atoms with E-state index in [0.717, 1.165) is 5.56 Å². The van der Waals surface area contributed by atoms with Gasteiger partial charge in [-0.15, -0.1) is 0 Å². The van der Waals surface area contributed by atoms with Gasteiger partial charge in [0.2, 0.25) is 0 Å². The van der Waals surface area contributed by atoms with Gasteiger partial charge in [0.15, 0.2) is 0 Å². The molecule has 6 heteroatoms. The Bertz CT molecular complexity index is 871. The zero-order valence-corrected chi connectivity index (χ0v) is 15.3. The number of halogens is 2. The fourth-order valence-corrected chi connectivity index (χ4v) is 2.72. The molecule has 0 atom stereocenters. The van der Waals surface area contributed by atoms with E-state index in [1.54, 1.807) is 12.1 Å². The van der Waals surface area contributed by atoms with Crippen molar-refractivity contribution in [3.8, 4) is 11.8 Å². The van der Waals surface area contributed by atoms with Crippen LogP contribution in [-0.2, 0) is 11.3 Å². The molecule has 0 saturated carbocycles. The van der Waals surface area contributed by atoms with Crippen LogP contribution in [0.15, 0.2) is 60.7 Å². The summed E-state index contributed by atoms with van der Waals surface area (Å²) in [7, 11) is 0. The molecule has 2 rings (SSSR count). The topological polar surface area (TPSA) is 62.1 Å². The lowest BCUT2D eigenvalue weighted by molar-refractivity contribution is -0.117. The van der Waals surface area contributed by atoms with Crippen LogP contribution in [-0.4, -0.2) is 12.5 Å². The Morgan fingerprint density at radius 2 is 2.00 bits per heavy atom. The molecule has 0 spiro atoms. The van der Waals surface area contributed by atoms with Crippen LogP contribution < -0.4 is 10.1 Å². The Hall–Kier alpha value is -2.74. The third kappa shape index (κ3) is 5.38. The lowest BCUT2D eigenvalue weighted by Gasteiger charge is -2.11. The van der Waals surface area contributed by atoms with Crippen molar-refractivity contribution in [1.82, 2.24) is 5.32 Å². The van der Waals surface area contributed by atoms with E-state index in [9.17, 15) is 10.1 Å². The molecule has 0 heterocycles. The zero-order valence-electron chi connectivity index (χ0n) is 13.8. The number of hydrogen-bond donors (Lipinski definition) is 1. The van der Waals surface area contributed by atoms with E-state index in [0.29, 0.717) is 22.9 Å². The smallest absolute Gasteiger partial charge is 0.262 e. The molecule has 0 unspecified atom stereocenters. The first kappa shape index (κ1) is 19.6. The van der Waals surface area contributed by atoms with Crippen molar-refractivity contribution in [3.05, 3.63) is 81.9 Å². The number of benzene rings is 2. The lowest BCUT2D eigenvalue weighted by atomic mass is 10.1. The molecule has 0 radical (unpaired) electrons. The highest BCUT2D eigenvalue weighted by molar-refractivity contribution is 6.36. The van der Waals surface area contributed by atoms with Crippen molar-refractivity contribution in [2.24, 2.45) is 0 Å². The Kier molecular flexibility index (Phi) is 7.28. The number of nitrogens with one attached hydrogen (secondary N) is 1. The molecule has 0 saturated heterocycles. The zero-order chi connectivity index (χ0) is 18.9. The predicted octanol–water partition coefficient (Wildman–Crippen LogP) is 4.78. The molecular weight excluding hydrogens is 371 g/mol. The maximum absolute atomic E-state index is 12.3. The monoisotopic (exact) mass is 386 g/mol. The molecule has 0 aliphatic carbocycles. The van der Waals surface area contributed by atoms with E-state index in [4.69, 9.17) is 27.9 Å². The number of ether oxygens (including phenoxy) is 1. The van der Waals surface area contributed by atoms with Crippen LogP contribution in [0, 0.1) is 11.3 Å². The van der Waals surface area contributed by atoms with Gasteiger partial charge >= 0.3 is 0 Å². The van der Waals surface area contributed by atoms with Crippen LogP contribution in [0.25, 0.3) is 6.08 Å². The summed E-state index contributed by atoms with van der Waals surface area (Å²) in [6.07, 6.45) is 2.96. The highest BCUT2D eigenvalue weighted by Gasteiger charge is 2.14. The van der Waals surface area contributed by atoms with Crippen molar-refractivity contribution < 1.29 is 9.53 Å². The number of hydrogen-bond acceptors (Lipinski definition) is 3. The van der Waals surface area contributed by atoms with Gasteiger partial charge in [-0.25, -0.2) is 0 Å². The van der Waals surface area contributed by atoms with E-state index in [1.165, 1.54) is 12.1 Å². The Balaban J connectivity index is 2.25. The van der Waals surface area contributed by atoms with Gasteiger partial charge < -0.3 is 10.1 Å². The molecule has 132 valence electrons. The van der Waals surface area contributed by atoms with E-state index >= 15 is 0 Å². The molecule has 0 aliphatic heterocycles. The minimum atomic E-state index is -0.498. The third-order valence-electron chi connectivity index (χ3n) is 3.34. The van der Waals surface area contributed by atoms with Crippen LogP contribution in [0.1, 0.15) is 11.1 Å². The van der Waals surface area contributed by atoms with Crippen molar-refractivity contribution >= 4 is 35.2 Å². The van der Waals surface area contributed by atoms with Gasteiger partial charge in [-0.3, -0.25) is 4.79 Å². The molecule has 4 nitrogen and oxygen atoms in total. The second-order valence-electron chi connectivity index (χ2n) is 5.24. The van der Waals surface area contributed by atoms with Gasteiger partial charge in [0.1, 0.15) is 24.0 Å². The summed E-state index contributed by atoms with van der Waals surface area (Å²) in [5.74, 6) is -0.165. The first-order valence-corrected chi connectivity index (χ1v) is 8.47. The number of nitriles is 1. The first-order chi connectivity index (χ1) is 12.5. The van der Waals surface area contributed by atoms with Crippen molar-refractivity contribution in [3.63, 3.8) is 0 Å². The summed E-state index contributed by atoms with van der Waals surface area (Å²) in [5, 5.41) is 12.7. The maximum atomic E-state index is 12.3. The fraction of sp³-hybridized carbons (Fsp3) is 0.100. The lowest BCUT2D eigenvalue weighted by Crippen LogP contribution is -2.23. The SMILES string of the molecule is C=CCOc1c(Cl)cc(Cl)cc1/C=C(\C#N)C(=O)NCc1ccccc1. The fourth-order valence-electron chi connectivity index (χ4n) is 2.16. The van der Waals surface area contributed by atoms with E-state index in [-0.39, 0.29) is 17.2 Å². The molecule has 1 amide bonds. The Morgan fingerprint density at radius 3 is 2.65 bits per heavy atom. The summed E-state index contributed by atoms with van der Waals surface area (Å²) in [5.41, 5.74) is 1.29. The Labute approximate surface area is 162 Å². The predicted molar refractivity (Wildman–Crippen MR) is 104 cm³/mol. The molecule has 0 fully saturated rings. The average molecular weight is 387 g/mol. The first-order valence-electron chi connectivity index (χ1n) is 7.71. The molecule has 2 aromatic rings.